The minimum absolute atomic E-state index is 0.0916. The van der Waals surface area contributed by atoms with Crippen LogP contribution in [0.3, 0.4) is 0 Å². The summed E-state index contributed by atoms with van der Waals surface area (Å²) in [6.07, 6.45) is 1.25. The lowest BCUT2D eigenvalue weighted by molar-refractivity contribution is -0.122. The van der Waals surface area contributed by atoms with Crippen molar-refractivity contribution < 1.29 is 19.1 Å². The molecule has 3 rings (SSSR count). The van der Waals surface area contributed by atoms with Crippen LogP contribution in [0.5, 0.6) is 5.75 Å². The van der Waals surface area contributed by atoms with Gasteiger partial charge in [-0.3, -0.25) is 14.9 Å². The van der Waals surface area contributed by atoms with Crippen LogP contribution in [0.2, 0.25) is 15.1 Å². The third-order valence-electron chi connectivity index (χ3n) is 3.80. The van der Waals surface area contributed by atoms with Gasteiger partial charge in [-0.2, -0.15) is 5.26 Å². The molecule has 0 aromatic heterocycles. The Morgan fingerprint density at radius 2 is 1.69 bits per heavy atom. The highest BCUT2D eigenvalue weighted by atomic mass is 35.5. The number of urea groups is 1. The highest BCUT2D eigenvalue weighted by Gasteiger charge is 2.36. The number of rotatable bonds is 4. The van der Waals surface area contributed by atoms with E-state index in [1.165, 1.54) is 42.5 Å². The number of carbonyl (C=O) groups is 3. The summed E-state index contributed by atoms with van der Waals surface area (Å²) >= 11 is 18.1. The van der Waals surface area contributed by atoms with Gasteiger partial charge in [0.15, 0.2) is 12.4 Å². The van der Waals surface area contributed by atoms with Crippen molar-refractivity contribution in [3.8, 4) is 11.8 Å². The van der Waals surface area contributed by atoms with E-state index in [2.05, 4.69) is 5.32 Å². The van der Waals surface area contributed by atoms with E-state index in [4.69, 9.17) is 44.8 Å². The van der Waals surface area contributed by atoms with Crippen LogP contribution in [0.1, 0.15) is 5.56 Å². The van der Waals surface area contributed by atoms with Crippen LogP contribution >= 0.6 is 34.8 Å². The fourth-order valence-electron chi connectivity index (χ4n) is 2.55. The summed E-state index contributed by atoms with van der Waals surface area (Å²) in [6.45, 7) is -0.251. The van der Waals surface area contributed by atoms with Crippen molar-refractivity contribution in [1.29, 1.82) is 5.26 Å². The highest BCUT2D eigenvalue weighted by molar-refractivity contribution is 6.40. The van der Waals surface area contributed by atoms with E-state index in [-0.39, 0.29) is 33.7 Å². The zero-order chi connectivity index (χ0) is 21.1. The molecule has 0 spiro atoms. The molecule has 2 aromatic carbocycles. The fraction of sp³-hybridized carbons (Fsp3) is 0.0526. The first kappa shape index (κ1) is 20.7. The zero-order valence-corrected chi connectivity index (χ0v) is 16.7. The van der Waals surface area contributed by atoms with Gasteiger partial charge >= 0.3 is 6.03 Å². The maximum absolute atomic E-state index is 12.8. The second-order valence-corrected chi connectivity index (χ2v) is 6.95. The lowest BCUT2D eigenvalue weighted by Crippen LogP contribution is -2.54. The van der Waals surface area contributed by atoms with Crippen molar-refractivity contribution in [2.75, 3.05) is 11.5 Å². The predicted octanol–water partition coefficient (Wildman–Crippen LogP) is 4.22. The van der Waals surface area contributed by atoms with Crippen molar-refractivity contribution in [2.45, 2.75) is 0 Å². The summed E-state index contributed by atoms with van der Waals surface area (Å²) in [7, 11) is 0. The number of hydrogen-bond acceptors (Lipinski definition) is 5. The number of ether oxygens (including phenoxy) is 1. The maximum Gasteiger partial charge on any atom is 0.335 e. The lowest BCUT2D eigenvalue weighted by Gasteiger charge is -2.26. The largest absolute Gasteiger partial charge is 0.476 e. The molecule has 4 amide bonds. The molecule has 0 unspecified atom stereocenters. The van der Waals surface area contributed by atoms with Crippen LogP contribution in [0, 0.1) is 11.3 Å². The number of halogens is 3. The summed E-state index contributed by atoms with van der Waals surface area (Å²) in [5.74, 6) is -1.57. The molecule has 0 radical (unpaired) electrons. The quantitative estimate of drug-likeness (QED) is 0.555. The number of nitrogens with one attached hydrogen (secondary N) is 1. The van der Waals surface area contributed by atoms with Gasteiger partial charge in [-0.25, -0.2) is 9.69 Å². The van der Waals surface area contributed by atoms with Gasteiger partial charge in [-0.15, -0.1) is 0 Å². The Bertz CT molecular complexity index is 1070. The number of carbonyl (C=O) groups excluding carboxylic acids is 3. The van der Waals surface area contributed by atoms with E-state index in [1.54, 1.807) is 6.07 Å². The van der Waals surface area contributed by atoms with Gasteiger partial charge in [0, 0.05) is 5.02 Å². The predicted molar refractivity (Wildman–Crippen MR) is 108 cm³/mol. The number of anilines is 1. The Morgan fingerprint density at radius 1 is 1.07 bits per heavy atom. The first-order valence-electron chi connectivity index (χ1n) is 7.97. The molecular weight excluding hydrogens is 441 g/mol. The van der Waals surface area contributed by atoms with Gasteiger partial charge < -0.3 is 4.74 Å². The lowest BCUT2D eigenvalue weighted by atomic mass is 10.1. The highest BCUT2D eigenvalue weighted by Crippen LogP contribution is 2.35. The minimum atomic E-state index is -0.879. The van der Waals surface area contributed by atoms with E-state index in [9.17, 15) is 14.4 Å². The van der Waals surface area contributed by atoms with Gasteiger partial charge in [-0.05, 0) is 48.0 Å². The number of hydrogen-bond donors (Lipinski definition) is 1. The molecule has 7 nitrogen and oxygen atoms in total. The van der Waals surface area contributed by atoms with Crippen LogP contribution in [0.15, 0.2) is 42.0 Å². The molecule has 1 fully saturated rings. The summed E-state index contributed by atoms with van der Waals surface area (Å²) in [5, 5.41) is 11.3. The second kappa shape index (κ2) is 8.53. The van der Waals surface area contributed by atoms with E-state index in [1.807, 2.05) is 0 Å². The standard InChI is InChI=1S/C19H10Cl3N3O4/c20-11-1-3-12(4-2-11)25-18(27)13(17(26)24-19(25)28)7-10-8-14(21)16(15(22)9-10)29-6-5-23/h1-4,7-9H,6H2,(H,24,26,28)/b13-7+. The zero-order valence-electron chi connectivity index (χ0n) is 14.4. The van der Waals surface area contributed by atoms with Crippen LogP contribution in [-0.2, 0) is 9.59 Å². The Hall–Kier alpha value is -3.05. The molecule has 1 saturated heterocycles. The van der Waals surface area contributed by atoms with Gasteiger partial charge in [0.1, 0.15) is 11.6 Å². The van der Waals surface area contributed by atoms with Gasteiger partial charge in [0.05, 0.1) is 15.7 Å². The number of nitriles is 1. The molecule has 1 aliphatic rings. The third kappa shape index (κ3) is 4.35. The molecule has 2 aromatic rings. The molecule has 0 aliphatic carbocycles. The SMILES string of the molecule is N#CCOc1c(Cl)cc(/C=C2\C(=O)NC(=O)N(c3ccc(Cl)cc3)C2=O)cc1Cl. The van der Waals surface area contributed by atoms with E-state index in [0.717, 1.165) is 4.90 Å². The van der Waals surface area contributed by atoms with Gasteiger partial charge in [0.25, 0.3) is 11.8 Å². The van der Waals surface area contributed by atoms with Crippen molar-refractivity contribution in [3.05, 3.63) is 62.6 Å². The molecule has 0 atom stereocenters. The van der Waals surface area contributed by atoms with E-state index < -0.39 is 17.8 Å². The first-order chi connectivity index (χ1) is 13.8. The van der Waals surface area contributed by atoms with Crippen molar-refractivity contribution in [1.82, 2.24) is 5.32 Å². The number of benzene rings is 2. The molecule has 0 bridgehead atoms. The summed E-state index contributed by atoms with van der Waals surface area (Å²) in [6, 6.07) is 9.71. The second-order valence-electron chi connectivity index (χ2n) is 5.69. The van der Waals surface area contributed by atoms with Crippen molar-refractivity contribution in [3.63, 3.8) is 0 Å². The first-order valence-corrected chi connectivity index (χ1v) is 9.11. The van der Waals surface area contributed by atoms with Gasteiger partial charge in [0.2, 0.25) is 0 Å². The summed E-state index contributed by atoms with van der Waals surface area (Å²) < 4.78 is 5.15. The average Bonchev–Trinajstić information content (AvgIpc) is 2.66. The van der Waals surface area contributed by atoms with Gasteiger partial charge in [-0.1, -0.05) is 34.8 Å². The summed E-state index contributed by atoms with van der Waals surface area (Å²) in [4.78, 5) is 38.1. The van der Waals surface area contributed by atoms with Crippen LogP contribution in [-0.4, -0.2) is 24.5 Å². The average molecular weight is 451 g/mol. The Balaban J connectivity index is 1.98. The molecule has 1 N–H and O–H groups in total. The molecule has 0 saturated carbocycles. The molecule has 1 heterocycles. The molecular formula is C19H10Cl3N3O4. The molecule has 29 heavy (non-hydrogen) atoms. The number of nitrogens with zero attached hydrogens (tertiary/aromatic N) is 2. The van der Waals surface area contributed by atoms with Crippen LogP contribution in [0.4, 0.5) is 10.5 Å². The molecule has 1 aliphatic heterocycles. The Kier molecular flexibility index (Phi) is 6.09. The van der Waals surface area contributed by atoms with Crippen LogP contribution < -0.4 is 15.0 Å². The van der Waals surface area contributed by atoms with Crippen molar-refractivity contribution >= 4 is 64.4 Å². The summed E-state index contributed by atoms with van der Waals surface area (Å²) in [5.41, 5.74) is 0.275. The number of imide groups is 2. The number of amides is 4. The Morgan fingerprint density at radius 3 is 2.28 bits per heavy atom. The molecule has 146 valence electrons. The smallest absolute Gasteiger partial charge is 0.335 e. The van der Waals surface area contributed by atoms with Crippen molar-refractivity contribution in [2.24, 2.45) is 0 Å². The third-order valence-corrected chi connectivity index (χ3v) is 4.61. The van der Waals surface area contributed by atoms with E-state index >= 15 is 0 Å². The topological polar surface area (TPSA) is 99.5 Å². The number of barbiturate groups is 1. The normalized spacial score (nSPS) is 15.3. The Labute approximate surface area is 180 Å². The fourth-order valence-corrected chi connectivity index (χ4v) is 3.29. The monoisotopic (exact) mass is 449 g/mol. The maximum atomic E-state index is 12.8. The van der Waals surface area contributed by atoms with Crippen LogP contribution in [0.25, 0.3) is 6.08 Å². The molecule has 10 heteroatoms. The van der Waals surface area contributed by atoms with E-state index in [0.29, 0.717) is 10.6 Å². The minimum Gasteiger partial charge on any atom is -0.476 e.